The molecule has 0 fully saturated rings. The van der Waals surface area contributed by atoms with Crippen LogP contribution in [0.2, 0.25) is 0 Å². The van der Waals surface area contributed by atoms with E-state index < -0.39 is 0 Å². The lowest BCUT2D eigenvalue weighted by Crippen LogP contribution is -2.29. The summed E-state index contributed by atoms with van der Waals surface area (Å²) in [5.74, 6) is 0. The summed E-state index contributed by atoms with van der Waals surface area (Å²) in [7, 11) is 0. The first-order valence-electron chi connectivity index (χ1n) is 4.81. The van der Waals surface area contributed by atoms with E-state index in [1.807, 2.05) is 0 Å². The van der Waals surface area contributed by atoms with Gasteiger partial charge in [0.2, 0.25) is 0 Å². The molecule has 0 saturated heterocycles. The molecule has 1 aliphatic heterocycles. The van der Waals surface area contributed by atoms with Crippen molar-refractivity contribution >= 4 is 0 Å². The Labute approximate surface area is 73.4 Å². The fourth-order valence-electron chi connectivity index (χ4n) is 1.99. The smallest absolute Gasteiger partial charge is 0.0338 e. The van der Waals surface area contributed by atoms with Crippen LogP contribution >= 0.6 is 0 Å². The van der Waals surface area contributed by atoms with Gasteiger partial charge in [-0.25, -0.2) is 0 Å². The molecule has 0 unspecified atom stereocenters. The first-order chi connectivity index (χ1) is 5.92. The van der Waals surface area contributed by atoms with Gasteiger partial charge in [-0.2, -0.15) is 0 Å². The van der Waals surface area contributed by atoms with Crippen LogP contribution in [0.3, 0.4) is 0 Å². The molecule has 1 aromatic heterocycles. The van der Waals surface area contributed by atoms with Crippen LogP contribution in [0.5, 0.6) is 0 Å². The average Bonchev–Trinajstić information content (AvgIpc) is 2.53. The van der Waals surface area contributed by atoms with E-state index in [-0.39, 0.29) is 0 Å². The molecule has 2 N–H and O–H groups in total. The predicted octanol–water partition coefficient (Wildman–Crippen LogP) is 2.00. The summed E-state index contributed by atoms with van der Waals surface area (Å²) in [5.41, 5.74) is 2.93. The van der Waals surface area contributed by atoms with E-state index in [1.165, 1.54) is 24.1 Å². The molecule has 2 heterocycles. The highest BCUT2D eigenvalue weighted by Gasteiger charge is 2.18. The largest absolute Gasteiger partial charge is 0.365 e. The van der Waals surface area contributed by atoms with Gasteiger partial charge in [0, 0.05) is 30.9 Å². The number of aromatic amines is 1. The van der Waals surface area contributed by atoms with Crippen molar-refractivity contribution in [3.8, 4) is 0 Å². The summed E-state index contributed by atoms with van der Waals surface area (Å²) in [5, 5.41) is 3.54. The van der Waals surface area contributed by atoms with E-state index in [0.29, 0.717) is 6.04 Å². The summed E-state index contributed by atoms with van der Waals surface area (Å²) in [6.07, 6.45) is 5.72. The fourth-order valence-corrected chi connectivity index (χ4v) is 1.99. The van der Waals surface area contributed by atoms with Crippen molar-refractivity contribution in [2.75, 3.05) is 6.54 Å². The number of hydrogen-bond donors (Lipinski definition) is 2. The van der Waals surface area contributed by atoms with E-state index in [1.54, 1.807) is 0 Å². The highest BCUT2D eigenvalue weighted by Crippen LogP contribution is 2.24. The van der Waals surface area contributed by atoms with Gasteiger partial charge in [0.05, 0.1) is 0 Å². The number of fused-ring (bicyclic) bond motifs is 1. The van der Waals surface area contributed by atoms with Gasteiger partial charge in [0.25, 0.3) is 0 Å². The molecule has 0 radical (unpaired) electrons. The molecule has 1 atom stereocenters. The maximum absolute atomic E-state index is 3.54. The Balaban J connectivity index is 2.19. The number of hydrogen-bond acceptors (Lipinski definition) is 1. The summed E-state index contributed by atoms with van der Waals surface area (Å²) in [4.78, 5) is 3.31. The summed E-state index contributed by atoms with van der Waals surface area (Å²) < 4.78 is 0. The first kappa shape index (κ1) is 7.87. The molecule has 0 aliphatic carbocycles. The van der Waals surface area contributed by atoms with Crippen LogP contribution in [-0.4, -0.2) is 11.5 Å². The van der Waals surface area contributed by atoms with Gasteiger partial charge >= 0.3 is 0 Å². The molecule has 0 spiro atoms. The molecule has 0 bridgehead atoms. The number of H-pyrrole nitrogens is 1. The number of aromatic nitrogens is 1. The molecule has 1 aliphatic rings. The molecule has 0 amide bonds. The minimum absolute atomic E-state index is 0.602. The van der Waals surface area contributed by atoms with E-state index in [2.05, 4.69) is 29.5 Å². The topological polar surface area (TPSA) is 27.8 Å². The van der Waals surface area contributed by atoms with Crippen LogP contribution in [0.1, 0.15) is 37.1 Å². The molecule has 1 aromatic rings. The van der Waals surface area contributed by atoms with Gasteiger partial charge in [-0.3, -0.25) is 0 Å². The third kappa shape index (κ3) is 1.27. The monoisotopic (exact) mass is 164 g/mol. The molecule has 2 rings (SSSR count). The minimum atomic E-state index is 0.602. The van der Waals surface area contributed by atoms with E-state index in [4.69, 9.17) is 0 Å². The van der Waals surface area contributed by atoms with Gasteiger partial charge in [-0.1, -0.05) is 13.3 Å². The molecule has 66 valence electrons. The van der Waals surface area contributed by atoms with Gasteiger partial charge < -0.3 is 10.3 Å². The Kier molecular flexibility index (Phi) is 2.17. The quantitative estimate of drug-likeness (QED) is 0.687. The Morgan fingerprint density at radius 2 is 2.50 bits per heavy atom. The zero-order valence-electron chi connectivity index (χ0n) is 7.56. The summed E-state index contributed by atoms with van der Waals surface area (Å²) in [6, 6.07) is 2.81. The van der Waals surface area contributed by atoms with Crippen molar-refractivity contribution in [2.24, 2.45) is 0 Å². The molecule has 12 heavy (non-hydrogen) atoms. The number of nitrogens with one attached hydrogen (secondary N) is 2. The third-order valence-corrected chi connectivity index (χ3v) is 2.59. The first-order valence-corrected chi connectivity index (χ1v) is 4.81. The lowest BCUT2D eigenvalue weighted by molar-refractivity contribution is 0.469. The van der Waals surface area contributed by atoms with Gasteiger partial charge in [0.15, 0.2) is 0 Å². The van der Waals surface area contributed by atoms with E-state index >= 15 is 0 Å². The van der Waals surface area contributed by atoms with Gasteiger partial charge in [0.1, 0.15) is 0 Å². The number of rotatable bonds is 2. The van der Waals surface area contributed by atoms with Crippen molar-refractivity contribution in [1.29, 1.82) is 0 Å². The second-order valence-electron chi connectivity index (χ2n) is 3.46. The van der Waals surface area contributed by atoms with Crippen molar-refractivity contribution < 1.29 is 0 Å². The van der Waals surface area contributed by atoms with Crippen LogP contribution in [0.15, 0.2) is 12.3 Å². The second kappa shape index (κ2) is 3.31. The van der Waals surface area contributed by atoms with E-state index in [9.17, 15) is 0 Å². The Hall–Kier alpha value is -0.760. The minimum Gasteiger partial charge on any atom is -0.365 e. The van der Waals surface area contributed by atoms with Crippen LogP contribution in [0, 0.1) is 0 Å². The summed E-state index contributed by atoms with van der Waals surface area (Å²) in [6.45, 7) is 3.36. The molecular formula is C10H16N2. The van der Waals surface area contributed by atoms with Crippen LogP contribution in [0.25, 0.3) is 0 Å². The summed E-state index contributed by atoms with van der Waals surface area (Å²) >= 11 is 0. The third-order valence-electron chi connectivity index (χ3n) is 2.59. The van der Waals surface area contributed by atoms with E-state index in [0.717, 1.165) is 13.0 Å². The highest BCUT2D eigenvalue weighted by atomic mass is 14.9. The van der Waals surface area contributed by atoms with Crippen molar-refractivity contribution in [1.82, 2.24) is 10.3 Å². The zero-order valence-corrected chi connectivity index (χ0v) is 7.56. The molecular weight excluding hydrogens is 148 g/mol. The van der Waals surface area contributed by atoms with Gasteiger partial charge in [-0.05, 0) is 18.1 Å². The molecule has 0 aromatic carbocycles. The maximum atomic E-state index is 3.54. The lowest BCUT2D eigenvalue weighted by Gasteiger charge is -2.23. The lowest BCUT2D eigenvalue weighted by atomic mass is 9.98. The normalized spacial score (nSPS) is 22.2. The Morgan fingerprint density at radius 3 is 3.33 bits per heavy atom. The standard InChI is InChI=1S/C10H16N2/c1-2-3-9-8-4-6-11-10(8)5-7-12-9/h4,6,9,11-12H,2-3,5,7H2,1H3/t9-/m1/s1. The SMILES string of the molecule is CCC[C@H]1NCCc2[nH]ccc21. The second-order valence-corrected chi connectivity index (χ2v) is 3.46. The highest BCUT2D eigenvalue weighted by molar-refractivity contribution is 5.26. The Morgan fingerprint density at radius 1 is 1.58 bits per heavy atom. The van der Waals surface area contributed by atoms with Crippen LogP contribution in [-0.2, 0) is 6.42 Å². The fraction of sp³-hybridized carbons (Fsp3) is 0.600. The van der Waals surface area contributed by atoms with Crippen LogP contribution in [0.4, 0.5) is 0 Å². The van der Waals surface area contributed by atoms with Crippen molar-refractivity contribution in [3.05, 3.63) is 23.5 Å². The van der Waals surface area contributed by atoms with Crippen molar-refractivity contribution in [3.63, 3.8) is 0 Å². The van der Waals surface area contributed by atoms with Crippen molar-refractivity contribution in [2.45, 2.75) is 32.2 Å². The predicted molar refractivity (Wildman–Crippen MR) is 50.1 cm³/mol. The zero-order chi connectivity index (χ0) is 8.39. The molecule has 2 heteroatoms. The molecule has 0 saturated carbocycles. The van der Waals surface area contributed by atoms with Crippen LogP contribution < -0.4 is 5.32 Å². The maximum Gasteiger partial charge on any atom is 0.0338 e. The Bertz CT molecular complexity index is 252. The molecule has 2 nitrogen and oxygen atoms in total. The van der Waals surface area contributed by atoms with Gasteiger partial charge in [-0.15, -0.1) is 0 Å². The average molecular weight is 164 g/mol.